The van der Waals surface area contributed by atoms with Crippen molar-refractivity contribution in [3.05, 3.63) is 130 Å². The highest BCUT2D eigenvalue weighted by Crippen LogP contribution is 2.30. The van der Waals surface area contributed by atoms with E-state index in [1.54, 1.807) is 16.2 Å². The van der Waals surface area contributed by atoms with Crippen LogP contribution in [0.15, 0.2) is 103 Å². The van der Waals surface area contributed by atoms with Crippen molar-refractivity contribution in [2.75, 3.05) is 6.54 Å². The van der Waals surface area contributed by atoms with Crippen LogP contribution in [0.5, 0.6) is 0 Å². The molecule has 0 radical (unpaired) electrons. The number of amides is 2. The summed E-state index contributed by atoms with van der Waals surface area (Å²) in [5.41, 5.74) is 2.35. The van der Waals surface area contributed by atoms with E-state index in [4.69, 9.17) is 0 Å². The van der Waals surface area contributed by atoms with E-state index < -0.39 is 11.5 Å². The summed E-state index contributed by atoms with van der Waals surface area (Å²) in [6.45, 7) is 9.07. The van der Waals surface area contributed by atoms with Crippen LogP contribution >= 0.6 is 11.3 Å². The lowest BCUT2D eigenvalue weighted by atomic mass is 9.88. The molecule has 1 heterocycles. The zero-order chi connectivity index (χ0) is 27.1. The van der Waals surface area contributed by atoms with E-state index in [-0.39, 0.29) is 18.4 Å². The molecule has 0 fully saturated rings. The molecule has 1 aromatic heterocycles. The van der Waals surface area contributed by atoms with Gasteiger partial charge in [0, 0.05) is 21.8 Å². The highest BCUT2D eigenvalue weighted by Gasteiger charge is 2.35. The zero-order valence-corrected chi connectivity index (χ0v) is 23.4. The quantitative estimate of drug-likeness (QED) is 0.236. The fourth-order valence-electron chi connectivity index (χ4n) is 4.60. The zero-order valence-electron chi connectivity index (χ0n) is 22.6. The smallest absolute Gasteiger partial charge is 0.242 e. The van der Waals surface area contributed by atoms with Gasteiger partial charge in [-0.25, -0.2) is 0 Å². The summed E-state index contributed by atoms with van der Waals surface area (Å²) in [4.78, 5) is 34.2. The Morgan fingerprint density at radius 3 is 1.74 bits per heavy atom. The number of benzene rings is 3. The minimum absolute atomic E-state index is 0.00961. The summed E-state index contributed by atoms with van der Waals surface area (Å²) in [5, 5.41) is 0. The lowest BCUT2D eigenvalue weighted by Gasteiger charge is -2.39. The summed E-state index contributed by atoms with van der Waals surface area (Å²) in [6.07, 6.45) is 0. The molecular formula is C33H36N2O2S. The Balaban J connectivity index is 1.65. The van der Waals surface area contributed by atoms with Crippen LogP contribution in [0.4, 0.5) is 0 Å². The highest BCUT2D eigenvalue weighted by atomic mass is 32.1. The van der Waals surface area contributed by atoms with E-state index in [1.165, 1.54) is 4.88 Å². The fraction of sp³-hybridized carbons (Fsp3) is 0.273. The van der Waals surface area contributed by atoms with Gasteiger partial charge in [0.25, 0.3) is 0 Å². The molecule has 3 aromatic carbocycles. The minimum atomic E-state index is -0.549. The second-order valence-electron chi connectivity index (χ2n) is 10.6. The second-order valence-corrected chi connectivity index (χ2v) is 12.0. The predicted molar refractivity (Wildman–Crippen MR) is 156 cm³/mol. The van der Waals surface area contributed by atoms with E-state index in [9.17, 15) is 9.59 Å². The topological polar surface area (TPSA) is 40.6 Å². The summed E-state index contributed by atoms with van der Waals surface area (Å²) >= 11 is 1.70. The molecule has 0 saturated heterocycles. The number of hydrogen-bond donors (Lipinski definition) is 0. The monoisotopic (exact) mass is 524 g/mol. The Morgan fingerprint density at radius 1 is 0.737 bits per heavy atom. The molecular weight excluding hydrogens is 488 g/mol. The highest BCUT2D eigenvalue weighted by molar-refractivity contribution is 7.11. The lowest BCUT2D eigenvalue weighted by molar-refractivity contribution is -0.145. The standard InChI is InChI=1S/C33H36N2O2S/c1-25-20-21-29(38-25)23-34(22-26-14-8-5-9-15-26)30(36)24-35(33(2,3)4)32(37)31(27-16-10-6-11-17-27)28-18-12-7-13-19-28/h5-21,31H,22-24H2,1-4H3. The van der Waals surface area contributed by atoms with Crippen LogP contribution in [0.1, 0.15) is 53.1 Å². The summed E-state index contributed by atoms with van der Waals surface area (Å²) in [6, 6.07) is 33.9. The number of thiophene rings is 1. The van der Waals surface area contributed by atoms with Crippen LogP contribution in [0, 0.1) is 6.92 Å². The summed E-state index contributed by atoms with van der Waals surface area (Å²) < 4.78 is 0. The third kappa shape index (κ3) is 6.99. The fourth-order valence-corrected chi connectivity index (χ4v) is 5.51. The van der Waals surface area contributed by atoms with Gasteiger partial charge < -0.3 is 9.80 Å². The second kappa shape index (κ2) is 12.2. The number of hydrogen-bond acceptors (Lipinski definition) is 3. The minimum Gasteiger partial charge on any atom is -0.332 e. The maximum absolute atomic E-state index is 14.3. The van der Waals surface area contributed by atoms with Crippen molar-refractivity contribution < 1.29 is 9.59 Å². The Labute approximate surface area is 230 Å². The molecule has 0 unspecified atom stereocenters. The van der Waals surface area contributed by atoms with Gasteiger partial charge in [0.15, 0.2) is 0 Å². The van der Waals surface area contributed by atoms with Gasteiger partial charge in [-0.3, -0.25) is 9.59 Å². The van der Waals surface area contributed by atoms with Crippen molar-refractivity contribution in [1.82, 2.24) is 9.80 Å². The molecule has 5 heteroatoms. The van der Waals surface area contributed by atoms with Gasteiger partial charge in [0.2, 0.25) is 11.8 Å². The molecule has 2 amide bonds. The number of rotatable bonds is 9. The van der Waals surface area contributed by atoms with Crippen LogP contribution in [0.25, 0.3) is 0 Å². The maximum atomic E-state index is 14.3. The number of aryl methyl sites for hydroxylation is 1. The third-order valence-corrected chi connectivity index (χ3v) is 7.58. The average Bonchev–Trinajstić information content (AvgIpc) is 3.32. The van der Waals surface area contributed by atoms with Crippen LogP contribution in [-0.4, -0.2) is 33.7 Å². The molecule has 0 N–H and O–H groups in total. The van der Waals surface area contributed by atoms with E-state index in [2.05, 4.69) is 19.1 Å². The van der Waals surface area contributed by atoms with Crippen LogP contribution in [0.2, 0.25) is 0 Å². The maximum Gasteiger partial charge on any atom is 0.242 e. The molecule has 0 aliphatic heterocycles. The Morgan fingerprint density at radius 2 is 1.26 bits per heavy atom. The van der Waals surface area contributed by atoms with Crippen molar-refractivity contribution in [2.45, 2.75) is 52.2 Å². The predicted octanol–water partition coefficient (Wildman–Crippen LogP) is 7.04. The van der Waals surface area contributed by atoms with Gasteiger partial charge in [-0.1, -0.05) is 91.0 Å². The van der Waals surface area contributed by atoms with Crippen molar-refractivity contribution in [3.8, 4) is 0 Å². The van der Waals surface area contributed by atoms with Crippen molar-refractivity contribution in [2.24, 2.45) is 0 Å². The molecule has 4 aromatic rings. The summed E-state index contributed by atoms with van der Waals surface area (Å²) in [5.74, 6) is -0.634. The van der Waals surface area contributed by atoms with Gasteiger partial charge in [-0.2, -0.15) is 0 Å². The molecule has 0 bridgehead atoms. The molecule has 0 saturated carbocycles. The SMILES string of the molecule is Cc1ccc(CN(Cc2ccccc2)C(=O)CN(C(=O)C(c2ccccc2)c2ccccc2)C(C)(C)C)s1. The largest absolute Gasteiger partial charge is 0.332 e. The normalized spacial score (nSPS) is 11.4. The molecule has 0 aliphatic carbocycles. The van der Waals surface area contributed by atoms with Crippen LogP contribution in [0.3, 0.4) is 0 Å². The molecule has 0 aliphatic rings. The molecule has 196 valence electrons. The van der Waals surface area contributed by atoms with Crippen LogP contribution in [-0.2, 0) is 22.7 Å². The van der Waals surface area contributed by atoms with Gasteiger partial charge in [-0.15, -0.1) is 11.3 Å². The van der Waals surface area contributed by atoms with E-state index in [1.807, 2.05) is 117 Å². The number of nitrogens with zero attached hydrogens (tertiary/aromatic N) is 2. The van der Waals surface area contributed by atoms with Crippen molar-refractivity contribution >= 4 is 23.2 Å². The average molecular weight is 525 g/mol. The van der Waals surface area contributed by atoms with Gasteiger partial charge in [0.05, 0.1) is 12.5 Å². The first-order chi connectivity index (χ1) is 18.2. The number of carbonyl (C=O) groups is 2. The van der Waals surface area contributed by atoms with Crippen LogP contribution < -0.4 is 0 Å². The Bertz CT molecular complexity index is 1290. The molecule has 4 nitrogen and oxygen atoms in total. The Hall–Kier alpha value is -3.70. The van der Waals surface area contributed by atoms with E-state index in [0.717, 1.165) is 21.6 Å². The number of carbonyl (C=O) groups excluding carboxylic acids is 2. The third-order valence-electron chi connectivity index (χ3n) is 6.59. The van der Waals surface area contributed by atoms with Crippen molar-refractivity contribution in [3.63, 3.8) is 0 Å². The lowest BCUT2D eigenvalue weighted by Crippen LogP contribution is -2.52. The van der Waals surface area contributed by atoms with Gasteiger partial charge >= 0.3 is 0 Å². The van der Waals surface area contributed by atoms with Gasteiger partial charge in [-0.05, 0) is 56.5 Å². The molecule has 0 spiro atoms. The first kappa shape index (κ1) is 27.3. The molecule has 0 atom stereocenters. The van der Waals surface area contributed by atoms with E-state index in [0.29, 0.717) is 13.1 Å². The Kier molecular flexibility index (Phi) is 8.80. The van der Waals surface area contributed by atoms with E-state index >= 15 is 0 Å². The van der Waals surface area contributed by atoms with Crippen molar-refractivity contribution in [1.29, 1.82) is 0 Å². The summed E-state index contributed by atoms with van der Waals surface area (Å²) in [7, 11) is 0. The molecule has 38 heavy (non-hydrogen) atoms. The molecule has 4 rings (SSSR count). The first-order valence-corrected chi connectivity index (χ1v) is 13.8. The first-order valence-electron chi connectivity index (χ1n) is 13.0. The van der Waals surface area contributed by atoms with Gasteiger partial charge in [0.1, 0.15) is 6.54 Å².